The molecule has 112 valence electrons. The van der Waals surface area contributed by atoms with Crippen LogP contribution < -0.4 is 9.47 Å². The van der Waals surface area contributed by atoms with Crippen LogP contribution in [0.15, 0.2) is 22.8 Å². The van der Waals surface area contributed by atoms with Gasteiger partial charge in [-0.05, 0) is 29.7 Å². The van der Waals surface area contributed by atoms with Crippen LogP contribution in [0.5, 0.6) is 11.5 Å². The lowest BCUT2D eigenvalue weighted by Crippen LogP contribution is -1.95. The first-order chi connectivity index (χ1) is 10.1. The zero-order chi connectivity index (χ0) is 15.4. The monoisotopic (exact) mass is 343 g/mol. The highest BCUT2D eigenvalue weighted by Crippen LogP contribution is 2.38. The third-order valence-electron chi connectivity index (χ3n) is 2.63. The summed E-state index contributed by atoms with van der Waals surface area (Å²) in [5.74, 6) is 1.92. The number of carbonyl (C=O) groups excluding carboxylic acids is 1. The lowest BCUT2D eigenvalue weighted by atomic mass is 10.1. The largest absolute Gasteiger partial charge is 0.493 e. The van der Waals surface area contributed by atoms with E-state index in [0.29, 0.717) is 27.8 Å². The summed E-state index contributed by atoms with van der Waals surface area (Å²) in [6.45, 7) is 2.02. The van der Waals surface area contributed by atoms with Gasteiger partial charge >= 0.3 is 0 Å². The van der Waals surface area contributed by atoms with Gasteiger partial charge in [0.15, 0.2) is 11.5 Å². The third-order valence-corrected chi connectivity index (χ3v) is 4.74. The number of benzene rings is 1. The van der Waals surface area contributed by atoms with Crippen molar-refractivity contribution in [2.45, 2.75) is 6.92 Å². The fourth-order valence-electron chi connectivity index (χ4n) is 1.79. The van der Waals surface area contributed by atoms with Gasteiger partial charge in [0.2, 0.25) is 5.12 Å². The second-order valence-corrected chi connectivity index (χ2v) is 6.87. The van der Waals surface area contributed by atoms with Crippen molar-refractivity contribution in [1.29, 1.82) is 0 Å². The predicted molar refractivity (Wildman–Crippen MR) is 90.7 cm³/mol. The smallest absolute Gasteiger partial charge is 0.244 e. The Bertz CT molecular complexity index is 629. The Morgan fingerprint density at radius 1 is 1.38 bits per heavy atom. The summed E-state index contributed by atoms with van der Waals surface area (Å²) in [6.07, 6.45) is 1.67. The Hall–Kier alpha value is -1.11. The van der Waals surface area contributed by atoms with Crippen LogP contribution in [-0.4, -0.2) is 29.5 Å². The molecule has 0 spiro atoms. The van der Waals surface area contributed by atoms with Gasteiger partial charge in [0.25, 0.3) is 0 Å². The van der Waals surface area contributed by atoms with Gasteiger partial charge in [-0.2, -0.15) is 0 Å². The SMILES string of the molecule is CCSC1=N/C(=C\c2cc(Cl)cc(OC)c2OC)C(=O)S1. The van der Waals surface area contributed by atoms with Gasteiger partial charge in [0.1, 0.15) is 10.1 Å². The molecule has 0 saturated carbocycles. The fraction of sp³-hybridized carbons (Fsp3) is 0.286. The zero-order valence-electron chi connectivity index (χ0n) is 11.8. The summed E-state index contributed by atoms with van der Waals surface area (Å²) in [4.78, 5) is 16.3. The number of hydrogen-bond donors (Lipinski definition) is 0. The minimum atomic E-state index is -0.0769. The average Bonchev–Trinajstić information content (AvgIpc) is 2.78. The van der Waals surface area contributed by atoms with Crippen LogP contribution in [0.2, 0.25) is 5.02 Å². The van der Waals surface area contributed by atoms with Gasteiger partial charge < -0.3 is 9.47 Å². The predicted octanol–water partition coefficient (Wildman–Crippen LogP) is 4.08. The maximum Gasteiger partial charge on any atom is 0.244 e. The maximum atomic E-state index is 12.0. The molecule has 0 fully saturated rings. The molecule has 21 heavy (non-hydrogen) atoms. The van der Waals surface area contributed by atoms with Crippen molar-refractivity contribution >= 4 is 50.7 Å². The molecule has 0 atom stereocenters. The van der Waals surface area contributed by atoms with Gasteiger partial charge in [-0.1, -0.05) is 30.3 Å². The summed E-state index contributed by atoms with van der Waals surface area (Å²) >= 11 is 8.76. The van der Waals surface area contributed by atoms with Gasteiger partial charge in [0.05, 0.1) is 14.2 Å². The molecule has 1 heterocycles. The number of hydrogen-bond acceptors (Lipinski definition) is 6. The molecular formula is C14H14ClNO3S2. The van der Waals surface area contributed by atoms with E-state index in [1.807, 2.05) is 6.92 Å². The van der Waals surface area contributed by atoms with E-state index in [1.54, 1.807) is 37.1 Å². The van der Waals surface area contributed by atoms with Crippen LogP contribution in [0.4, 0.5) is 0 Å². The van der Waals surface area contributed by atoms with Crippen molar-refractivity contribution in [1.82, 2.24) is 0 Å². The van der Waals surface area contributed by atoms with Crippen molar-refractivity contribution < 1.29 is 14.3 Å². The van der Waals surface area contributed by atoms with Crippen molar-refractivity contribution in [3.63, 3.8) is 0 Å². The molecule has 7 heteroatoms. The van der Waals surface area contributed by atoms with Crippen LogP contribution >= 0.6 is 35.1 Å². The number of rotatable bonds is 4. The second-order valence-electron chi connectivity index (χ2n) is 3.96. The Balaban J connectivity index is 2.45. The van der Waals surface area contributed by atoms with Gasteiger partial charge in [-0.15, -0.1) is 0 Å². The second kappa shape index (κ2) is 7.24. The molecule has 4 nitrogen and oxygen atoms in total. The summed E-state index contributed by atoms with van der Waals surface area (Å²) < 4.78 is 11.3. The highest BCUT2D eigenvalue weighted by atomic mass is 35.5. The Labute approximate surface area is 136 Å². The molecule has 0 bridgehead atoms. The summed E-state index contributed by atoms with van der Waals surface area (Å²) in [7, 11) is 3.08. The van der Waals surface area contributed by atoms with E-state index in [0.717, 1.165) is 21.9 Å². The topological polar surface area (TPSA) is 47.9 Å². The maximum absolute atomic E-state index is 12.0. The molecule has 1 aromatic carbocycles. The Morgan fingerprint density at radius 3 is 2.76 bits per heavy atom. The molecule has 0 N–H and O–H groups in total. The zero-order valence-corrected chi connectivity index (χ0v) is 14.2. The molecule has 1 aliphatic heterocycles. The van der Waals surface area contributed by atoms with Crippen LogP contribution in [0.25, 0.3) is 6.08 Å². The van der Waals surface area contributed by atoms with Crippen molar-refractivity contribution in [3.8, 4) is 11.5 Å². The quantitative estimate of drug-likeness (QED) is 0.771. The standard InChI is InChI=1S/C14H14ClNO3S2/c1-4-20-14-16-10(13(17)21-14)6-8-5-9(15)7-11(18-2)12(8)19-3/h5-7H,4H2,1-3H3/b10-6-. The molecule has 0 aliphatic carbocycles. The first-order valence-corrected chi connectivity index (χ1v) is 8.34. The Morgan fingerprint density at radius 2 is 2.14 bits per heavy atom. The van der Waals surface area contributed by atoms with Crippen LogP contribution in [0, 0.1) is 0 Å². The number of carbonyl (C=O) groups is 1. The molecular weight excluding hydrogens is 330 g/mol. The number of methoxy groups -OCH3 is 2. The van der Waals surface area contributed by atoms with E-state index >= 15 is 0 Å². The average molecular weight is 344 g/mol. The third kappa shape index (κ3) is 3.75. The molecule has 0 radical (unpaired) electrons. The fourth-order valence-corrected chi connectivity index (χ4v) is 3.74. The molecule has 0 amide bonds. The van der Waals surface area contributed by atoms with E-state index in [1.165, 1.54) is 7.11 Å². The highest BCUT2D eigenvalue weighted by Gasteiger charge is 2.23. The molecule has 2 rings (SSSR count). The van der Waals surface area contributed by atoms with E-state index < -0.39 is 0 Å². The minimum absolute atomic E-state index is 0.0769. The van der Waals surface area contributed by atoms with Crippen LogP contribution in [0.3, 0.4) is 0 Å². The first kappa shape index (κ1) is 16.3. The highest BCUT2D eigenvalue weighted by molar-refractivity contribution is 8.45. The van der Waals surface area contributed by atoms with Crippen molar-refractivity contribution in [2.75, 3.05) is 20.0 Å². The van der Waals surface area contributed by atoms with E-state index in [2.05, 4.69) is 4.99 Å². The molecule has 1 aromatic rings. The van der Waals surface area contributed by atoms with Crippen molar-refractivity contribution in [2.24, 2.45) is 4.99 Å². The Kier molecular flexibility index (Phi) is 5.61. The summed E-state index contributed by atoms with van der Waals surface area (Å²) in [5.41, 5.74) is 1.05. The van der Waals surface area contributed by atoms with E-state index in [-0.39, 0.29) is 5.12 Å². The summed E-state index contributed by atoms with van der Waals surface area (Å²) in [5, 5.41) is 0.427. The number of halogens is 1. The first-order valence-electron chi connectivity index (χ1n) is 6.16. The number of aliphatic imine (C=N–C) groups is 1. The number of ether oxygens (including phenoxy) is 2. The van der Waals surface area contributed by atoms with Gasteiger partial charge in [0, 0.05) is 16.7 Å². The molecule has 0 unspecified atom stereocenters. The number of nitrogens with zero attached hydrogens (tertiary/aromatic N) is 1. The lowest BCUT2D eigenvalue weighted by molar-refractivity contribution is -0.107. The van der Waals surface area contributed by atoms with Crippen molar-refractivity contribution in [3.05, 3.63) is 28.4 Å². The van der Waals surface area contributed by atoms with Gasteiger partial charge in [-0.3, -0.25) is 4.79 Å². The van der Waals surface area contributed by atoms with E-state index in [4.69, 9.17) is 21.1 Å². The van der Waals surface area contributed by atoms with Crippen LogP contribution in [-0.2, 0) is 4.79 Å². The molecule has 0 saturated heterocycles. The van der Waals surface area contributed by atoms with Crippen LogP contribution in [0.1, 0.15) is 12.5 Å². The normalized spacial score (nSPS) is 16.3. The summed E-state index contributed by atoms with van der Waals surface area (Å²) in [6, 6.07) is 3.38. The van der Waals surface area contributed by atoms with E-state index in [9.17, 15) is 4.79 Å². The lowest BCUT2D eigenvalue weighted by Gasteiger charge is -2.11. The van der Waals surface area contributed by atoms with Gasteiger partial charge in [-0.25, -0.2) is 4.99 Å². The molecule has 1 aliphatic rings. The minimum Gasteiger partial charge on any atom is -0.493 e. The number of thioether (sulfide) groups is 2. The molecule has 0 aromatic heterocycles.